The highest BCUT2D eigenvalue weighted by molar-refractivity contribution is 7.86. The molecule has 6 rings (SSSR count). The second-order valence-corrected chi connectivity index (χ2v) is 15.4. The molecule has 1 atom stereocenters. The average Bonchev–Trinajstić information content (AvgIpc) is 3.16. The fraction of sp³-hybridized carbons (Fsp3) is 0.186. The van der Waals surface area contributed by atoms with Crippen LogP contribution >= 0.6 is 23.2 Å². The van der Waals surface area contributed by atoms with Gasteiger partial charge in [-0.15, -0.1) is 0 Å². The summed E-state index contributed by atoms with van der Waals surface area (Å²) in [6, 6.07) is 26.0. The number of anilines is 1. The first-order chi connectivity index (χ1) is 26.4. The van der Waals surface area contributed by atoms with E-state index in [0.29, 0.717) is 22.1 Å². The van der Waals surface area contributed by atoms with Crippen molar-refractivity contribution in [1.29, 1.82) is 0 Å². The Balaban J connectivity index is 1.24. The van der Waals surface area contributed by atoms with E-state index in [2.05, 4.69) is 48.5 Å². The third-order valence-corrected chi connectivity index (χ3v) is 10.7. The van der Waals surface area contributed by atoms with Crippen LogP contribution in [-0.4, -0.2) is 30.8 Å². The van der Waals surface area contributed by atoms with Crippen LogP contribution in [0.25, 0.3) is 57.7 Å². The highest BCUT2D eigenvalue weighted by Crippen LogP contribution is 2.45. The van der Waals surface area contributed by atoms with Gasteiger partial charge in [-0.3, -0.25) is 14.4 Å². The van der Waals surface area contributed by atoms with Crippen LogP contribution < -0.4 is 21.6 Å². The van der Waals surface area contributed by atoms with Crippen molar-refractivity contribution in [2.45, 2.75) is 50.6 Å². The Labute approximate surface area is 330 Å². The lowest BCUT2D eigenvalue weighted by Gasteiger charge is -2.31. The van der Waals surface area contributed by atoms with Crippen molar-refractivity contribution >= 4 is 74.3 Å². The quantitative estimate of drug-likeness (QED) is 0.0211. The number of halogens is 2. The minimum atomic E-state index is -4.77. The summed E-state index contributed by atoms with van der Waals surface area (Å²) in [6.45, 7) is 5.16. The molecule has 0 radical (unpaired) electrons. The highest BCUT2D eigenvalue weighted by atomic mass is 35.5. The third kappa shape index (κ3) is 9.30. The number of hydrogen-bond donors (Lipinski definition) is 4. The minimum absolute atomic E-state index is 0.0101. The summed E-state index contributed by atoms with van der Waals surface area (Å²) in [4.78, 5) is 12.0. The summed E-state index contributed by atoms with van der Waals surface area (Å²) >= 11 is 12.5. The molecule has 5 N–H and O–H groups in total. The van der Waals surface area contributed by atoms with Gasteiger partial charge in [0.05, 0.1) is 21.9 Å². The number of phenols is 1. The molecule has 1 unspecified atom stereocenters. The smallest absolute Gasteiger partial charge is 0.295 e. The maximum atomic E-state index is 12.9. The van der Waals surface area contributed by atoms with Gasteiger partial charge < -0.3 is 15.3 Å². The molecule has 0 bridgehead atoms. The van der Waals surface area contributed by atoms with Crippen molar-refractivity contribution in [2.24, 2.45) is 5.73 Å². The van der Waals surface area contributed by atoms with Crippen LogP contribution in [0.1, 0.15) is 61.8 Å². The van der Waals surface area contributed by atoms with Crippen molar-refractivity contribution in [2.75, 3.05) is 11.6 Å². The molecule has 284 valence electrons. The number of nitrogens with zero attached hydrogens (tertiary/aromatic N) is 1. The third-order valence-electron chi connectivity index (χ3n) is 9.17. The largest absolute Gasteiger partial charge is 0.506 e. The van der Waals surface area contributed by atoms with Crippen molar-refractivity contribution in [3.05, 3.63) is 134 Å². The Morgan fingerprint density at radius 3 is 2.00 bits per heavy atom. The van der Waals surface area contributed by atoms with Gasteiger partial charge in [0.1, 0.15) is 22.0 Å². The van der Waals surface area contributed by atoms with Gasteiger partial charge >= 0.3 is 0 Å². The number of benzene rings is 5. The number of rotatable bonds is 14. The molecule has 0 amide bonds. The summed E-state index contributed by atoms with van der Waals surface area (Å²) in [5.74, 6) is -0.166. The lowest BCUT2D eigenvalue weighted by atomic mass is 9.93. The zero-order chi connectivity index (χ0) is 39.3. The molecular formula is C43H41Cl2N3O6S. The summed E-state index contributed by atoms with van der Waals surface area (Å²) in [7, 11) is -4.77. The zero-order valence-electron chi connectivity index (χ0n) is 30.3. The molecule has 4 aromatic carbocycles. The van der Waals surface area contributed by atoms with Crippen molar-refractivity contribution in [3.8, 4) is 28.2 Å². The minimum Gasteiger partial charge on any atom is -0.506 e. The van der Waals surface area contributed by atoms with Crippen LogP contribution in [0.4, 0.5) is 5.69 Å². The predicted molar refractivity (Wildman–Crippen MR) is 225 cm³/mol. The Morgan fingerprint density at radius 2 is 1.40 bits per heavy atom. The van der Waals surface area contributed by atoms with E-state index in [1.54, 1.807) is 18.2 Å². The number of hydrazine groups is 1. The van der Waals surface area contributed by atoms with Gasteiger partial charge in [-0.05, 0) is 65.4 Å². The fourth-order valence-corrected chi connectivity index (χ4v) is 7.36. The second-order valence-electron chi connectivity index (χ2n) is 13.2. The van der Waals surface area contributed by atoms with Gasteiger partial charge in [-0.2, -0.15) is 8.42 Å². The van der Waals surface area contributed by atoms with E-state index in [1.165, 1.54) is 30.3 Å². The van der Waals surface area contributed by atoms with Crippen LogP contribution in [0.5, 0.6) is 5.75 Å². The van der Waals surface area contributed by atoms with Gasteiger partial charge in [-0.1, -0.05) is 123 Å². The summed E-state index contributed by atoms with van der Waals surface area (Å²) < 4.78 is 42.1. The predicted octanol–water partition coefficient (Wildman–Crippen LogP) is 10.4. The lowest BCUT2D eigenvalue weighted by Crippen LogP contribution is -2.51. The number of unbranched alkanes of at least 4 members (excludes halogenated alkanes) is 1. The van der Waals surface area contributed by atoms with Crippen LogP contribution in [0.3, 0.4) is 0 Å². The van der Waals surface area contributed by atoms with Gasteiger partial charge in [0, 0.05) is 40.8 Å². The Kier molecular flexibility index (Phi) is 12.5. The first kappa shape index (κ1) is 39.7. The molecule has 12 heteroatoms. The zero-order valence-corrected chi connectivity index (χ0v) is 32.6. The van der Waals surface area contributed by atoms with Gasteiger partial charge in [0.15, 0.2) is 0 Å². The fourth-order valence-electron chi connectivity index (χ4n) is 6.30. The van der Waals surface area contributed by atoms with Crippen LogP contribution in [-0.2, 0) is 10.1 Å². The second kappa shape index (κ2) is 17.2. The molecule has 1 aliphatic carbocycles. The summed E-state index contributed by atoms with van der Waals surface area (Å²) in [5.41, 5.74) is 14.8. The number of fused-ring (bicyclic) bond motifs is 2. The standard InChI is InChI=1S/C43H41Cl2N3O6S/c1-3-5-21-47-48(42(46)6-4-2)31-18-15-29(16-19-31)12-11-27-7-9-28(10-8-27)13-14-30-17-20-32(41(22-30)55(51,52)53)43-33-23-35(44)37(49)25-39(33)54-40-26-38(50)36(45)24-34(40)43/h7-20,22-26,42,47,49H,3-6,21,46H2,1-2H3,(H,51,52,53)/b12-11+,14-13+. The van der Waals surface area contributed by atoms with Gasteiger partial charge in [0.25, 0.3) is 10.1 Å². The first-order valence-electron chi connectivity index (χ1n) is 17.9. The molecule has 9 nitrogen and oxygen atoms in total. The van der Waals surface area contributed by atoms with Crippen molar-refractivity contribution in [3.63, 3.8) is 0 Å². The van der Waals surface area contributed by atoms with E-state index in [9.17, 15) is 22.9 Å². The SMILES string of the molecule is CCCCNN(c1ccc(/C=C/c2ccc(/C=C/c3ccc(-c4c5cc(Cl)c(=O)cc-5oc5cc(O)c(Cl)cc45)c(S(=O)(=O)O)c3)cc2)cc1)C(N)CCC. The van der Waals surface area contributed by atoms with E-state index in [-0.39, 0.29) is 43.8 Å². The molecule has 1 aliphatic heterocycles. The van der Waals surface area contributed by atoms with Crippen LogP contribution in [0.15, 0.2) is 105 Å². The number of phenolic OH excluding ortho intramolecular Hbond substituents is 1. The van der Waals surface area contributed by atoms with E-state index in [1.807, 2.05) is 42.5 Å². The van der Waals surface area contributed by atoms with Crippen LogP contribution in [0.2, 0.25) is 10.0 Å². The lowest BCUT2D eigenvalue weighted by molar-refractivity contribution is 0.474. The number of hydrogen-bond acceptors (Lipinski definition) is 8. The molecule has 0 spiro atoms. The molecule has 1 heterocycles. The maximum absolute atomic E-state index is 12.9. The number of nitrogens with one attached hydrogen (secondary N) is 1. The first-order valence-corrected chi connectivity index (χ1v) is 20.1. The van der Waals surface area contributed by atoms with Gasteiger partial charge in [-0.25, -0.2) is 5.43 Å². The normalized spacial score (nSPS) is 12.7. The highest BCUT2D eigenvalue weighted by Gasteiger charge is 2.25. The van der Waals surface area contributed by atoms with Gasteiger partial charge in [0.2, 0.25) is 5.43 Å². The molecule has 0 saturated carbocycles. The van der Waals surface area contributed by atoms with Crippen molar-refractivity contribution in [1.82, 2.24) is 5.43 Å². The molecule has 55 heavy (non-hydrogen) atoms. The Bertz CT molecular complexity index is 2520. The van der Waals surface area contributed by atoms with Crippen molar-refractivity contribution < 1.29 is 22.5 Å². The summed E-state index contributed by atoms with van der Waals surface area (Å²) in [6.07, 6.45) is 11.6. The topological polar surface area (TPSA) is 146 Å². The Morgan fingerprint density at radius 1 is 0.800 bits per heavy atom. The molecule has 0 saturated heterocycles. The van der Waals surface area contributed by atoms with E-state index in [4.69, 9.17) is 33.4 Å². The van der Waals surface area contributed by atoms with E-state index >= 15 is 0 Å². The van der Waals surface area contributed by atoms with Crippen LogP contribution in [0, 0.1) is 0 Å². The summed E-state index contributed by atoms with van der Waals surface area (Å²) in [5, 5.41) is 12.5. The van der Waals surface area contributed by atoms with E-state index in [0.717, 1.165) is 54.6 Å². The molecule has 2 aliphatic rings. The molecule has 0 aromatic heterocycles. The Hall–Kier alpha value is -4.94. The maximum Gasteiger partial charge on any atom is 0.295 e. The number of aromatic hydroxyl groups is 1. The molecule has 4 aromatic rings. The molecule has 0 fully saturated rings. The van der Waals surface area contributed by atoms with E-state index < -0.39 is 15.5 Å². The average molecular weight is 799 g/mol. The number of nitrogens with two attached hydrogens (primary N) is 1. The molecular weight excluding hydrogens is 757 g/mol. The monoisotopic (exact) mass is 797 g/mol.